The Morgan fingerprint density at radius 1 is 1.00 bits per heavy atom. The highest BCUT2D eigenvalue weighted by Crippen LogP contribution is 2.24. The number of hydrogen-bond acceptors (Lipinski definition) is 4. The van der Waals surface area contributed by atoms with Crippen LogP contribution in [0.3, 0.4) is 0 Å². The number of hydrogen-bond donors (Lipinski definition) is 1. The summed E-state index contributed by atoms with van der Waals surface area (Å²) in [6, 6.07) is 16.9. The zero-order chi connectivity index (χ0) is 20.1. The molecule has 2 aromatic carbocycles. The van der Waals surface area contributed by atoms with E-state index in [9.17, 15) is 8.42 Å². The molecular weight excluding hydrogens is 372 g/mol. The van der Waals surface area contributed by atoms with Crippen molar-refractivity contribution in [3.8, 4) is 17.0 Å². The predicted molar refractivity (Wildman–Crippen MR) is 112 cm³/mol. The van der Waals surface area contributed by atoms with E-state index >= 15 is 0 Å². The van der Waals surface area contributed by atoms with Crippen LogP contribution in [-0.4, -0.2) is 20.5 Å². The van der Waals surface area contributed by atoms with Crippen LogP contribution in [0.5, 0.6) is 5.75 Å². The molecule has 1 heterocycles. The van der Waals surface area contributed by atoms with Gasteiger partial charge in [-0.25, -0.2) is 13.1 Å². The lowest BCUT2D eigenvalue weighted by Gasteiger charge is -2.12. The standard InChI is InChI=1S/C22H24N2O3S/c1-16-6-7-18(13-17(16)2)15-28(25,26)24-14-20-5-4-12-23-22(20)19-8-10-21(27-3)11-9-19/h4-13,24H,14-15H2,1-3H3. The molecular formula is C22H24N2O3S. The van der Waals surface area contributed by atoms with Gasteiger partial charge < -0.3 is 4.74 Å². The minimum Gasteiger partial charge on any atom is -0.497 e. The largest absolute Gasteiger partial charge is 0.497 e. The van der Waals surface area contributed by atoms with Crippen molar-refractivity contribution >= 4 is 10.0 Å². The second-order valence-electron chi connectivity index (χ2n) is 6.74. The first-order valence-electron chi connectivity index (χ1n) is 9.00. The summed E-state index contributed by atoms with van der Waals surface area (Å²) < 4.78 is 33.0. The molecule has 0 radical (unpaired) electrons. The van der Waals surface area contributed by atoms with Crippen LogP contribution in [0.1, 0.15) is 22.3 Å². The summed E-state index contributed by atoms with van der Waals surface area (Å²) in [6.45, 7) is 4.17. The molecule has 0 unspecified atom stereocenters. The van der Waals surface area contributed by atoms with Gasteiger partial charge >= 0.3 is 0 Å². The number of benzene rings is 2. The zero-order valence-electron chi connectivity index (χ0n) is 16.3. The van der Waals surface area contributed by atoms with Crippen molar-refractivity contribution in [3.63, 3.8) is 0 Å². The first-order chi connectivity index (χ1) is 13.4. The van der Waals surface area contributed by atoms with Crippen LogP contribution < -0.4 is 9.46 Å². The lowest BCUT2D eigenvalue weighted by atomic mass is 10.1. The molecule has 0 amide bonds. The molecule has 6 heteroatoms. The summed E-state index contributed by atoms with van der Waals surface area (Å²) in [4.78, 5) is 4.43. The van der Waals surface area contributed by atoms with Crippen LogP contribution in [0.4, 0.5) is 0 Å². The summed E-state index contributed by atoms with van der Waals surface area (Å²) in [6.07, 6.45) is 1.70. The van der Waals surface area contributed by atoms with Gasteiger partial charge in [-0.1, -0.05) is 24.3 Å². The number of rotatable bonds is 7. The Morgan fingerprint density at radius 3 is 2.43 bits per heavy atom. The minimum absolute atomic E-state index is 0.0494. The fourth-order valence-electron chi connectivity index (χ4n) is 2.94. The van der Waals surface area contributed by atoms with Crippen LogP contribution in [0.2, 0.25) is 0 Å². The van der Waals surface area contributed by atoms with Crippen LogP contribution in [0, 0.1) is 13.8 Å². The molecule has 0 aliphatic carbocycles. The summed E-state index contributed by atoms with van der Waals surface area (Å²) in [5.41, 5.74) is 5.48. The lowest BCUT2D eigenvalue weighted by molar-refractivity contribution is 0.415. The van der Waals surface area contributed by atoms with Gasteiger partial charge in [0.15, 0.2) is 0 Å². The summed E-state index contributed by atoms with van der Waals surface area (Å²) in [5.74, 6) is 0.710. The van der Waals surface area contributed by atoms with Gasteiger partial charge in [0, 0.05) is 18.3 Å². The average Bonchev–Trinajstić information content (AvgIpc) is 2.69. The first-order valence-corrected chi connectivity index (χ1v) is 10.6. The summed E-state index contributed by atoms with van der Waals surface area (Å²) in [7, 11) is -1.85. The predicted octanol–water partition coefficient (Wildman–Crippen LogP) is 3.99. The zero-order valence-corrected chi connectivity index (χ0v) is 17.1. The van der Waals surface area contributed by atoms with Crippen LogP contribution in [0.15, 0.2) is 60.8 Å². The van der Waals surface area contributed by atoms with E-state index in [1.54, 1.807) is 19.4 Å². The maximum Gasteiger partial charge on any atom is 0.216 e. The molecule has 0 fully saturated rings. The number of aromatic nitrogens is 1. The first kappa shape index (κ1) is 20.0. The van der Waals surface area contributed by atoms with Crippen LogP contribution in [0.25, 0.3) is 11.3 Å². The Bertz CT molecular complexity index is 1060. The molecule has 28 heavy (non-hydrogen) atoms. The molecule has 146 valence electrons. The second kappa shape index (κ2) is 8.54. The van der Waals surface area contributed by atoms with E-state index in [4.69, 9.17) is 4.74 Å². The quantitative estimate of drug-likeness (QED) is 0.656. The summed E-state index contributed by atoms with van der Waals surface area (Å²) >= 11 is 0. The lowest BCUT2D eigenvalue weighted by Crippen LogP contribution is -2.25. The fraction of sp³-hybridized carbons (Fsp3) is 0.227. The molecule has 0 aliphatic rings. The molecule has 1 aromatic heterocycles. The fourth-order valence-corrected chi connectivity index (χ4v) is 4.04. The monoisotopic (exact) mass is 396 g/mol. The van der Waals surface area contributed by atoms with Crippen molar-refractivity contribution < 1.29 is 13.2 Å². The number of pyridine rings is 1. The van der Waals surface area contributed by atoms with Crippen molar-refractivity contribution in [2.75, 3.05) is 7.11 Å². The molecule has 0 saturated heterocycles. The molecule has 3 rings (SSSR count). The highest BCUT2D eigenvalue weighted by atomic mass is 32.2. The average molecular weight is 397 g/mol. The third kappa shape index (κ3) is 4.97. The molecule has 0 saturated carbocycles. The van der Waals surface area contributed by atoms with Crippen molar-refractivity contribution in [2.45, 2.75) is 26.1 Å². The van der Waals surface area contributed by atoms with Gasteiger partial charge in [0.25, 0.3) is 0 Å². The third-order valence-electron chi connectivity index (χ3n) is 4.67. The van der Waals surface area contributed by atoms with Crippen molar-refractivity contribution in [1.29, 1.82) is 0 Å². The maximum atomic E-state index is 12.6. The number of nitrogens with one attached hydrogen (secondary N) is 1. The Kier molecular flexibility index (Phi) is 6.11. The molecule has 0 aliphatic heterocycles. The Balaban J connectivity index is 1.75. The van der Waals surface area contributed by atoms with E-state index in [2.05, 4.69) is 9.71 Å². The number of methoxy groups -OCH3 is 1. The number of aryl methyl sites for hydroxylation is 2. The van der Waals surface area contributed by atoms with Crippen LogP contribution >= 0.6 is 0 Å². The van der Waals surface area contributed by atoms with Gasteiger partial charge in [-0.05, 0) is 66.4 Å². The molecule has 0 bridgehead atoms. The molecule has 0 atom stereocenters. The highest BCUT2D eigenvalue weighted by Gasteiger charge is 2.14. The van der Waals surface area contributed by atoms with E-state index < -0.39 is 10.0 Å². The van der Waals surface area contributed by atoms with Crippen molar-refractivity contribution in [2.24, 2.45) is 0 Å². The number of ether oxygens (including phenoxy) is 1. The molecule has 3 aromatic rings. The summed E-state index contributed by atoms with van der Waals surface area (Å²) in [5, 5.41) is 0. The van der Waals surface area contributed by atoms with Gasteiger partial charge in [0.1, 0.15) is 5.75 Å². The maximum absolute atomic E-state index is 12.6. The highest BCUT2D eigenvalue weighted by molar-refractivity contribution is 7.88. The minimum atomic E-state index is -3.47. The molecule has 5 nitrogen and oxygen atoms in total. The van der Waals surface area contributed by atoms with Gasteiger partial charge in [0.05, 0.1) is 18.6 Å². The normalized spacial score (nSPS) is 11.4. The van der Waals surface area contributed by atoms with Gasteiger partial charge in [-0.3, -0.25) is 4.98 Å². The van der Waals surface area contributed by atoms with Gasteiger partial charge in [-0.2, -0.15) is 0 Å². The van der Waals surface area contributed by atoms with Crippen molar-refractivity contribution in [3.05, 3.63) is 83.0 Å². The second-order valence-corrected chi connectivity index (χ2v) is 8.55. The van der Waals surface area contributed by atoms with E-state index in [0.717, 1.165) is 39.3 Å². The Morgan fingerprint density at radius 2 is 1.75 bits per heavy atom. The topological polar surface area (TPSA) is 68.3 Å². The van der Waals surface area contributed by atoms with Gasteiger partial charge in [-0.15, -0.1) is 0 Å². The molecule has 0 spiro atoms. The van der Waals surface area contributed by atoms with E-state index in [0.29, 0.717) is 0 Å². The van der Waals surface area contributed by atoms with E-state index in [-0.39, 0.29) is 12.3 Å². The Hall–Kier alpha value is -2.70. The number of nitrogens with zero attached hydrogens (tertiary/aromatic N) is 1. The van der Waals surface area contributed by atoms with E-state index in [1.807, 2.05) is 62.4 Å². The van der Waals surface area contributed by atoms with Crippen LogP contribution in [-0.2, 0) is 22.3 Å². The number of sulfonamides is 1. The Labute approximate surface area is 166 Å². The third-order valence-corrected chi connectivity index (χ3v) is 5.96. The van der Waals surface area contributed by atoms with Gasteiger partial charge in [0.2, 0.25) is 10.0 Å². The van der Waals surface area contributed by atoms with Crippen molar-refractivity contribution in [1.82, 2.24) is 9.71 Å². The van der Waals surface area contributed by atoms with E-state index in [1.165, 1.54) is 0 Å². The smallest absolute Gasteiger partial charge is 0.216 e. The molecule has 1 N–H and O–H groups in total. The SMILES string of the molecule is COc1ccc(-c2ncccc2CNS(=O)(=O)Cc2ccc(C)c(C)c2)cc1.